The molecule has 0 radical (unpaired) electrons. The minimum Gasteiger partial charge on any atom is -0.396 e. The topological polar surface area (TPSA) is 49.3 Å². The van der Waals surface area contributed by atoms with Crippen molar-refractivity contribution in [2.24, 2.45) is 11.3 Å². The van der Waals surface area contributed by atoms with Gasteiger partial charge in [-0.25, -0.2) is 0 Å². The lowest BCUT2D eigenvalue weighted by Gasteiger charge is -2.22. The summed E-state index contributed by atoms with van der Waals surface area (Å²) < 4.78 is 0. The first-order valence-electron chi connectivity index (χ1n) is 5.33. The van der Waals surface area contributed by atoms with Crippen LogP contribution in [0.25, 0.3) is 0 Å². The first-order chi connectivity index (χ1) is 6.44. The molecule has 0 fully saturated rings. The standard InChI is InChI=1S/C11H23NO2/c1-5-11(3,4)10(14)12-8-9(2)6-7-13/h9,13H,5-8H2,1-4H3,(H,12,14). The third kappa shape index (κ3) is 4.61. The molecule has 1 atom stereocenters. The number of nitrogens with one attached hydrogen (secondary N) is 1. The number of rotatable bonds is 6. The second-order valence-corrected chi connectivity index (χ2v) is 4.56. The maximum absolute atomic E-state index is 11.6. The van der Waals surface area contributed by atoms with Gasteiger partial charge in [0.05, 0.1) is 0 Å². The molecule has 0 saturated carbocycles. The van der Waals surface area contributed by atoms with E-state index in [2.05, 4.69) is 5.32 Å². The second kappa shape index (κ2) is 6.02. The highest BCUT2D eigenvalue weighted by atomic mass is 16.3. The zero-order chi connectivity index (χ0) is 11.2. The van der Waals surface area contributed by atoms with Crippen molar-refractivity contribution in [3.8, 4) is 0 Å². The molecule has 0 saturated heterocycles. The van der Waals surface area contributed by atoms with Crippen LogP contribution in [-0.4, -0.2) is 24.2 Å². The fourth-order valence-corrected chi connectivity index (χ4v) is 0.989. The SMILES string of the molecule is CCC(C)(C)C(=O)NCC(C)CCO. The lowest BCUT2D eigenvalue weighted by molar-refractivity contribution is -0.129. The van der Waals surface area contributed by atoms with Gasteiger partial charge in [-0.3, -0.25) is 4.79 Å². The van der Waals surface area contributed by atoms with Crippen LogP contribution in [0, 0.1) is 11.3 Å². The minimum absolute atomic E-state index is 0.102. The molecule has 3 heteroatoms. The highest BCUT2D eigenvalue weighted by Gasteiger charge is 2.24. The monoisotopic (exact) mass is 201 g/mol. The first-order valence-corrected chi connectivity index (χ1v) is 5.33. The van der Waals surface area contributed by atoms with Gasteiger partial charge in [0.25, 0.3) is 0 Å². The molecule has 3 nitrogen and oxygen atoms in total. The van der Waals surface area contributed by atoms with Crippen molar-refractivity contribution in [3.63, 3.8) is 0 Å². The van der Waals surface area contributed by atoms with E-state index < -0.39 is 0 Å². The van der Waals surface area contributed by atoms with E-state index in [-0.39, 0.29) is 17.9 Å². The van der Waals surface area contributed by atoms with E-state index in [1.54, 1.807) is 0 Å². The maximum Gasteiger partial charge on any atom is 0.225 e. The normalized spacial score (nSPS) is 13.8. The number of amides is 1. The van der Waals surface area contributed by atoms with Gasteiger partial charge in [-0.05, 0) is 18.8 Å². The van der Waals surface area contributed by atoms with Crippen molar-refractivity contribution in [2.45, 2.75) is 40.5 Å². The van der Waals surface area contributed by atoms with Gasteiger partial charge >= 0.3 is 0 Å². The van der Waals surface area contributed by atoms with Crippen LogP contribution in [0.3, 0.4) is 0 Å². The zero-order valence-electron chi connectivity index (χ0n) is 9.76. The summed E-state index contributed by atoms with van der Waals surface area (Å²) in [7, 11) is 0. The molecule has 0 aromatic rings. The Kier molecular flexibility index (Phi) is 5.77. The molecule has 1 amide bonds. The van der Waals surface area contributed by atoms with E-state index in [9.17, 15) is 4.79 Å². The van der Waals surface area contributed by atoms with Gasteiger partial charge in [-0.1, -0.05) is 27.7 Å². The lowest BCUT2D eigenvalue weighted by Crippen LogP contribution is -2.38. The van der Waals surface area contributed by atoms with Gasteiger partial charge in [0.2, 0.25) is 5.91 Å². The highest BCUT2D eigenvalue weighted by Crippen LogP contribution is 2.19. The number of carbonyl (C=O) groups excluding carboxylic acids is 1. The molecule has 0 aliphatic carbocycles. The third-order valence-corrected chi connectivity index (χ3v) is 2.73. The Morgan fingerprint density at radius 2 is 2.07 bits per heavy atom. The van der Waals surface area contributed by atoms with Crippen molar-refractivity contribution >= 4 is 5.91 Å². The van der Waals surface area contributed by atoms with E-state index in [1.807, 2.05) is 27.7 Å². The summed E-state index contributed by atoms with van der Waals surface area (Å²) in [6.45, 7) is 8.77. The van der Waals surface area contributed by atoms with Gasteiger partial charge in [0.15, 0.2) is 0 Å². The van der Waals surface area contributed by atoms with Crippen molar-refractivity contribution in [3.05, 3.63) is 0 Å². The van der Waals surface area contributed by atoms with Crippen LogP contribution in [0.15, 0.2) is 0 Å². The Morgan fingerprint density at radius 3 is 2.50 bits per heavy atom. The summed E-state index contributed by atoms with van der Waals surface area (Å²) in [6.07, 6.45) is 1.58. The second-order valence-electron chi connectivity index (χ2n) is 4.56. The molecule has 0 aliphatic rings. The Labute approximate surface area is 86.9 Å². The fraction of sp³-hybridized carbons (Fsp3) is 0.909. The van der Waals surface area contributed by atoms with E-state index in [0.29, 0.717) is 12.5 Å². The maximum atomic E-state index is 11.6. The van der Waals surface area contributed by atoms with E-state index in [1.165, 1.54) is 0 Å². The van der Waals surface area contributed by atoms with Crippen molar-refractivity contribution in [1.82, 2.24) is 5.32 Å². The average molecular weight is 201 g/mol. The number of hydrogen-bond acceptors (Lipinski definition) is 2. The van der Waals surface area contributed by atoms with Crippen LogP contribution in [-0.2, 0) is 4.79 Å². The molecule has 84 valence electrons. The molecule has 2 N–H and O–H groups in total. The van der Waals surface area contributed by atoms with Crippen LogP contribution >= 0.6 is 0 Å². The van der Waals surface area contributed by atoms with Crippen molar-refractivity contribution < 1.29 is 9.90 Å². The van der Waals surface area contributed by atoms with Crippen molar-refractivity contribution in [1.29, 1.82) is 0 Å². The molecular weight excluding hydrogens is 178 g/mol. The molecule has 1 unspecified atom stereocenters. The Hall–Kier alpha value is -0.570. The summed E-state index contributed by atoms with van der Waals surface area (Å²) in [6, 6.07) is 0. The smallest absolute Gasteiger partial charge is 0.225 e. The summed E-state index contributed by atoms with van der Waals surface area (Å²) in [5.41, 5.74) is -0.279. The average Bonchev–Trinajstić information content (AvgIpc) is 2.14. The quantitative estimate of drug-likeness (QED) is 0.685. The molecule has 0 bridgehead atoms. The first kappa shape index (κ1) is 13.4. The summed E-state index contributed by atoms with van der Waals surface area (Å²) in [4.78, 5) is 11.6. The van der Waals surface area contributed by atoms with Gasteiger partial charge < -0.3 is 10.4 Å². The molecule has 14 heavy (non-hydrogen) atoms. The van der Waals surface area contributed by atoms with E-state index >= 15 is 0 Å². The Morgan fingerprint density at radius 1 is 1.50 bits per heavy atom. The van der Waals surface area contributed by atoms with Gasteiger partial charge in [0, 0.05) is 18.6 Å². The van der Waals surface area contributed by atoms with E-state index in [0.717, 1.165) is 12.8 Å². The summed E-state index contributed by atoms with van der Waals surface area (Å²) >= 11 is 0. The summed E-state index contributed by atoms with van der Waals surface area (Å²) in [5.74, 6) is 0.446. The predicted molar refractivity (Wildman–Crippen MR) is 57.9 cm³/mol. The molecule has 0 aromatic carbocycles. The molecule has 0 heterocycles. The largest absolute Gasteiger partial charge is 0.396 e. The molecule has 0 rings (SSSR count). The predicted octanol–water partition coefficient (Wildman–Crippen LogP) is 1.56. The number of aliphatic hydroxyl groups is 1. The van der Waals surface area contributed by atoms with Crippen LogP contribution < -0.4 is 5.32 Å². The summed E-state index contributed by atoms with van der Waals surface area (Å²) in [5, 5.41) is 11.6. The fourth-order valence-electron chi connectivity index (χ4n) is 0.989. The molecule has 0 aromatic heterocycles. The molecular formula is C11H23NO2. The zero-order valence-corrected chi connectivity index (χ0v) is 9.76. The van der Waals surface area contributed by atoms with Gasteiger partial charge in [-0.2, -0.15) is 0 Å². The van der Waals surface area contributed by atoms with Gasteiger partial charge in [-0.15, -0.1) is 0 Å². The Balaban J connectivity index is 3.85. The molecule has 0 spiro atoms. The van der Waals surface area contributed by atoms with Crippen LogP contribution in [0.4, 0.5) is 0 Å². The van der Waals surface area contributed by atoms with E-state index in [4.69, 9.17) is 5.11 Å². The van der Waals surface area contributed by atoms with Crippen LogP contribution in [0.2, 0.25) is 0 Å². The molecule has 0 aliphatic heterocycles. The minimum atomic E-state index is -0.279. The van der Waals surface area contributed by atoms with Crippen LogP contribution in [0.1, 0.15) is 40.5 Å². The number of aliphatic hydroxyl groups excluding tert-OH is 1. The third-order valence-electron chi connectivity index (χ3n) is 2.73. The Bertz CT molecular complexity index is 178. The highest BCUT2D eigenvalue weighted by molar-refractivity contribution is 5.81. The number of carbonyl (C=O) groups is 1. The van der Waals surface area contributed by atoms with Gasteiger partial charge in [0.1, 0.15) is 0 Å². The number of hydrogen-bond donors (Lipinski definition) is 2. The lowest BCUT2D eigenvalue weighted by atomic mass is 9.89. The van der Waals surface area contributed by atoms with Crippen LogP contribution in [0.5, 0.6) is 0 Å². The van der Waals surface area contributed by atoms with Crippen molar-refractivity contribution in [2.75, 3.05) is 13.2 Å².